The standard InChI is InChI=1S/C14H14ClN3O3/c1-2-21-14-6-4-11(9-17-14)16-8-10-3-5-12(15)13(7-10)18(19)20/h3-7,9,16H,2,8H2,1H3. The summed E-state index contributed by atoms with van der Waals surface area (Å²) in [5, 5.41) is 14.1. The first-order valence-corrected chi connectivity index (χ1v) is 6.73. The number of anilines is 1. The third-order valence-electron chi connectivity index (χ3n) is 2.73. The average molecular weight is 308 g/mol. The SMILES string of the molecule is CCOc1ccc(NCc2ccc(Cl)c([N+](=O)[O-])c2)cn1. The van der Waals surface area contributed by atoms with Crippen LogP contribution in [0.15, 0.2) is 36.5 Å². The van der Waals surface area contributed by atoms with E-state index in [4.69, 9.17) is 16.3 Å². The van der Waals surface area contributed by atoms with Crippen LogP contribution in [-0.4, -0.2) is 16.5 Å². The Labute approximate surface area is 126 Å². The van der Waals surface area contributed by atoms with Gasteiger partial charge in [-0.1, -0.05) is 17.7 Å². The molecule has 0 aliphatic rings. The van der Waals surface area contributed by atoms with Gasteiger partial charge in [-0.15, -0.1) is 0 Å². The largest absolute Gasteiger partial charge is 0.478 e. The zero-order valence-electron chi connectivity index (χ0n) is 11.4. The number of aromatic nitrogens is 1. The maximum Gasteiger partial charge on any atom is 0.288 e. The number of rotatable bonds is 6. The lowest BCUT2D eigenvalue weighted by Gasteiger charge is -2.07. The van der Waals surface area contributed by atoms with E-state index in [2.05, 4.69) is 10.3 Å². The number of nitrogens with one attached hydrogen (secondary N) is 1. The van der Waals surface area contributed by atoms with Crippen molar-refractivity contribution in [1.29, 1.82) is 0 Å². The van der Waals surface area contributed by atoms with Crippen molar-refractivity contribution in [2.75, 3.05) is 11.9 Å². The summed E-state index contributed by atoms with van der Waals surface area (Å²) in [5.41, 5.74) is 1.47. The molecular formula is C14H14ClN3O3. The van der Waals surface area contributed by atoms with Crippen molar-refractivity contribution >= 4 is 23.0 Å². The zero-order valence-corrected chi connectivity index (χ0v) is 12.1. The Morgan fingerprint density at radius 2 is 2.19 bits per heavy atom. The molecule has 0 saturated carbocycles. The Morgan fingerprint density at radius 1 is 1.38 bits per heavy atom. The topological polar surface area (TPSA) is 77.3 Å². The van der Waals surface area contributed by atoms with Crippen LogP contribution in [0.2, 0.25) is 5.02 Å². The number of nitrogens with zero attached hydrogens (tertiary/aromatic N) is 2. The number of hydrogen-bond donors (Lipinski definition) is 1. The van der Waals surface area contributed by atoms with E-state index in [1.165, 1.54) is 12.1 Å². The monoisotopic (exact) mass is 307 g/mol. The van der Waals surface area contributed by atoms with Gasteiger partial charge in [-0.25, -0.2) is 4.98 Å². The van der Waals surface area contributed by atoms with Crippen LogP contribution < -0.4 is 10.1 Å². The minimum absolute atomic E-state index is 0.0965. The van der Waals surface area contributed by atoms with Crippen molar-refractivity contribution in [3.63, 3.8) is 0 Å². The molecule has 1 heterocycles. The Kier molecular flexibility index (Phi) is 4.94. The quantitative estimate of drug-likeness (QED) is 0.651. The molecule has 0 atom stereocenters. The Hall–Kier alpha value is -2.34. The highest BCUT2D eigenvalue weighted by Crippen LogP contribution is 2.25. The third-order valence-corrected chi connectivity index (χ3v) is 3.05. The first-order valence-electron chi connectivity index (χ1n) is 6.35. The zero-order chi connectivity index (χ0) is 15.2. The molecule has 0 unspecified atom stereocenters. The van der Waals surface area contributed by atoms with Crippen LogP contribution in [0, 0.1) is 10.1 Å². The fourth-order valence-electron chi connectivity index (χ4n) is 1.73. The van der Waals surface area contributed by atoms with Gasteiger partial charge in [0.1, 0.15) is 5.02 Å². The molecule has 6 nitrogen and oxygen atoms in total. The van der Waals surface area contributed by atoms with Crippen molar-refractivity contribution in [1.82, 2.24) is 4.98 Å². The van der Waals surface area contributed by atoms with Gasteiger partial charge in [0.05, 0.1) is 23.4 Å². The molecule has 1 aromatic carbocycles. The molecule has 0 bridgehead atoms. The highest BCUT2D eigenvalue weighted by molar-refractivity contribution is 6.32. The van der Waals surface area contributed by atoms with Crippen molar-refractivity contribution < 1.29 is 9.66 Å². The van der Waals surface area contributed by atoms with Crippen LogP contribution in [-0.2, 0) is 6.54 Å². The molecule has 7 heteroatoms. The maximum atomic E-state index is 10.8. The summed E-state index contributed by atoms with van der Waals surface area (Å²) in [4.78, 5) is 14.5. The van der Waals surface area contributed by atoms with E-state index in [-0.39, 0.29) is 10.7 Å². The fraction of sp³-hybridized carbons (Fsp3) is 0.214. The second kappa shape index (κ2) is 6.90. The number of ether oxygens (including phenoxy) is 1. The fourth-order valence-corrected chi connectivity index (χ4v) is 1.92. The Bertz CT molecular complexity index is 632. The van der Waals surface area contributed by atoms with Crippen LogP contribution in [0.5, 0.6) is 5.88 Å². The second-order valence-corrected chi connectivity index (χ2v) is 4.62. The predicted octanol–water partition coefficient (Wildman–Crippen LogP) is 3.65. The third kappa shape index (κ3) is 4.06. The lowest BCUT2D eigenvalue weighted by atomic mass is 10.2. The van der Waals surface area contributed by atoms with Crippen LogP contribution >= 0.6 is 11.6 Å². The minimum Gasteiger partial charge on any atom is -0.478 e. The summed E-state index contributed by atoms with van der Waals surface area (Å²) >= 11 is 5.77. The van der Waals surface area contributed by atoms with Gasteiger partial charge in [0.2, 0.25) is 5.88 Å². The van der Waals surface area contributed by atoms with E-state index in [9.17, 15) is 10.1 Å². The molecule has 0 fully saturated rings. The molecule has 1 aromatic heterocycles. The number of nitro groups is 1. The lowest BCUT2D eigenvalue weighted by Crippen LogP contribution is -2.01. The van der Waals surface area contributed by atoms with Gasteiger partial charge < -0.3 is 10.1 Å². The predicted molar refractivity (Wildman–Crippen MR) is 80.8 cm³/mol. The smallest absolute Gasteiger partial charge is 0.288 e. The van der Waals surface area contributed by atoms with Crippen molar-refractivity contribution in [3.05, 3.63) is 57.2 Å². The van der Waals surface area contributed by atoms with Crippen LogP contribution in [0.4, 0.5) is 11.4 Å². The Balaban J connectivity index is 2.02. The van der Waals surface area contributed by atoms with E-state index in [1.54, 1.807) is 18.3 Å². The molecule has 2 aromatic rings. The number of pyridine rings is 1. The highest BCUT2D eigenvalue weighted by Gasteiger charge is 2.12. The van der Waals surface area contributed by atoms with Crippen LogP contribution in [0.3, 0.4) is 0 Å². The summed E-state index contributed by atoms with van der Waals surface area (Å²) in [5.74, 6) is 0.560. The number of benzene rings is 1. The van der Waals surface area contributed by atoms with E-state index in [1.807, 2.05) is 13.0 Å². The van der Waals surface area contributed by atoms with Crippen LogP contribution in [0.1, 0.15) is 12.5 Å². The molecule has 1 N–H and O–H groups in total. The first kappa shape index (κ1) is 15.1. The lowest BCUT2D eigenvalue weighted by molar-refractivity contribution is -0.384. The molecule has 21 heavy (non-hydrogen) atoms. The van der Waals surface area contributed by atoms with E-state index in [0.717, 1.165) is 11.3 Å². The minimum atomic E-state index is -0.496. The molecule has 0 aliphatic heterocycles. The van der Waals surface area contributed by atoms with Crippen LogP contribution in [0.25, 0.3) is 0 Å². The Morgan fingerprint density at radius 3 is 2.81 bits per heavy atom. The van der Waals surface area contributed by atoms with Gasteiger partial charge in [0.25, 0.3) is 5.69 Å². The van der Waals surface area contributed by atoms with Gasteiger partial charge in [0.15, 0.2) is 0 Å². The van der Waals surface area contributed by atoms with E-state index in [0.29, 0.717) is 19.0 Å². The summed E-state index contributed by atoms with van der Waals surface area (Å²) < 4.78 is 5.25. The summed E-state index contributed by atoms with van der Waals surface area (Å²) in [6, 6.07) is 8.31. The average Bonchev–Trinajstić information content (AvgIpc) is 2.48. The first-order chi connectivity index (χ1) is 10.1. The number of nitro benzene ring substituents is 1. The van der Waals surface area contributed by atoms with Gasteiger partial charge in [-0.2, -0.15) is 0 Å². The summed E-state index contributed by atoms with van der Waals surface area (Å²) in [6.07, 6.45) is 1.65. The van der Waals surface area contributed by atoms with E-state index < -0.39 is 4.92 Å². The molecule has 0 radical (unpaired) electrons. The normalized spacial score (nSPS) is 10.2. The second-order valence-electron chi connectivity index (χ2n) is 4.21. The number of halogens is 1. The molecule has 0 amide bonds. The maximum absolute atomic E-state index is 10.8. The van der Waals surface area contributed by atoms with Crippen molar-refractivity contribution in [2.24, 2.45) is 0 Å². The van der Waals surface area contributed by atoms with Gasteiger partial charge in [-0.05, 0) is 24.6 Å². The van der Waals surface area contributed by atoms with Gasteiger partial charge in [0, 0.05) is 18.7 Å². The molecule has 110 valence electrons. The summed E-state index contributed by atoms with van der Waals surface area (Å²) in [7, 11) is 0. The van der Waals surface area contributed by atoms with Gasteiger partial charge >= 0.3 is 0 Å². The highest BCUT2D eigenvalue weighted by atomic mass is 35.5. The molecular weight excluding hydrogens is 294 g/mol. The van der Waals surface area contributed by atoms with Crippen molar-refractivity contribution in [3.8, 4) is 5.88 Å². The molecule has 2 rings (SSSR count). The molecule has 0 spiro atoms. The molecule has 0 saturated heterocycles. The van der Waals surface area contributed by atoms with Gasteiger partial charge in [-0.3, -0.25) is 10.1 Å². The number of hydrogen-bond acceptors (Lipinski definition) is 5. The van der Waals surface area contributed by atoms with Crippen molar-refractivity contribution in [2.45, 2.75) is 13.5 Å². The summed E-state index contributed by atoms with van der Waals surface area (Å²) in [6.45, 7) is 2.89. The van der Waals surface area contributed by atoms with E-state index >= 15 is 0 Å². The molecule has 0 aliphatic carbocycles.